The average Bonchev–Trinajstić information content (AvgIpc) is 3.27. The van der Waals surface area contributed by atoms with E-state index in [1.54, 1.807) is 13.8 Å². The van der Waals surface area contributed by atoms with Crippen LogP contribution in [0, 0.1) is 13.8 Å². The van der Waals surface area contributed by atoms with E-state index in [0.717, 1.165) is 32.2 Å². The molecule has 0 radical (unpaired) electrons. The Bertz CT molecular complexity index is 1060. The van der Waals surface area contributed by atoms with Crippen LogP contribution in [0.25, 0.3) is 11.5 Å². The lowest BCUT2D eigenvalue weighted by Gasteiger charge is -2.10. The third-order valence-electron chi connectivity index (χ3n) is 4.25. The monoisotopic (exact) mass is 509 g/mol. The summed E-state index contributed by atoms with van der Waals surface area (Å²) in [5.41, 5.74) is 2.00. The van der Waals surface area contributed by atoms with Crippen molar-refractivity contribution in [2.24, 2.45) is 0 Å². The van der Waals surface area contributed by atoms with Crippen molar-refractivity contribution < 1.29 is 18.7 Å². The first-order valence-corrected chi connectivity index (χ1v) is 11.6. The zero-order valence-electron chi connectivity index (χ0n) is 16.8. The number of hydrogen-bond donors (Lipinski definition) is 1. The number of rotatable bonds is 7. The van der Waals surface area contributed by atoms with Gasteiger partial charge in [0.1, 0.15) is 5.00 Å². The lowest BCUT2D eigenvalue weighted by atomic mass is 10.1. The van der Waals surface area contributed by atoms with Gasteiger partial charge in [0, 0.05) is 14.9 Å². The molecule has 7 nitrogen and oxygen atoms in total. The largest absolute Gasteiger partial charge is 0.462 e. The number of aryl methyl sites for hydroxylation is 1. The first-order chi connectivity index (χ1) is 14.3. The van der Waals surface area contributed by atoms with Crippen LogP contribution in [-0.2, 0) is 9.53 Å². The van der Waals surface area contributed by atoms with E-state index in [1.165, 1.54) is 11.3 Å². The molecule has 0 spiro atoms. The van der Waals surface area contributed by atoms with E-state index in [2.05, 4.69) is 31.4 Å². The van der Waals surface area contributed by atoms with Crippen molar-refractivity contribution in [2.45, 2.75) is 38.2 Å². The predicted molar refractivity (Wildman–Crippen MR) is 121 cm³/mol. The van der Waals surface area contributed by atoms with Gasteiger partial charge in [-0.3, -0.25) is 4.79 Å². The number of hydrogen-bond acceptors (Lipinski definition) is 8. The second-order valence-electron chi connectivity index (χ2n) is 6.34. The molecular weight excluding hydrogens is 490 g/mol. The number of thiophene rings is 1. The number of esters is 1. The number of aromatic nitrogens is 2. The number of anilines is 1. The van der Waals surface area contributed by atoms with Crippen molar-refractivity contribution in [3.05, 3.63) is 44.7 Å². The molecule has 2 aromatic heterocycles. The average molecular weight is 510 g/mol. The molecular formula is C20H20BrN3O4S2. The Morgan fingerprint density at radius 1 is 1.27 bits per heavy atom. The molecule has 2 heterocycles. The van der Waals surface area contributed by atoms with E-state index in [-0.39, 0.29) is 12.5 Å². The highest BCUT2D eigenvalue weighted by Gasteiger charge is 2.25. The number of nitrogens with zero attached hydrogens (tertiary/aromatic N) is 2. The maximum atomic E-state index is 12.7. The van der Waals surface area contributed by atoms with Gasteiger partial charge < -0.3 is 14.5 Å². The van der Waals surface area contributed by atoms with Gasteiger partial charge in [0.25, 0.3) is 5.22 Å². The fourth-order valence-corrected chi connectivity index (χ4v) is 4.55. The molecule has 0 aliphatic rings. The van der Waals surface area contributed by atoms with Crippen LogP contribution >= 0.6 is 39.0 Å². The Morgan fingerprint density at radius 3 is 2.63 bits per heavy atom. The van der Waals surface area contributed by atoms with Crippen molar-refractivity contribution >= 4 is 55.9 Å². The molecule has 0 fully saturated rings. The second kappa shape index (κ2) is 9.76. The molecule has 1 atom stereocenters. The van der Waals surface area contributed by atoms with Gasteiger partial charge in [0.2, 0.25) is 11.8 Å². The Kier molecular flexibility index (Phi) is 7.32. The molecule has 0 unspecified atom stereocenters. The van der Waals surface area contributed by atoms with Crippen molar-refractivity contribution in [1.29, 1.82) is 0 Å². The Labute approximate surface area is 190 Å². The number of nitrogens with one attached hydrogen (secondary N) is 1. The van der Waals surface area contributed by atoms with Crippen molar-refractivity contribution in [1.82, 2.24) is 10.2 Å². The minimum absolute atomic E-state index is 0.268. The molecule has 3 aromatic rings. The fraction of sp³-hybridized carbons (Fsp3) is 0.300. The standard InChI is InChI=1S/C20H20BrN3O4S2/c1-5-27-19(26)15-10(2)11(3)29-18(15)22-16(25)12(4)30-20-24-23-17(28-20)13-6-8-14(21)9-7-13/h6-9,12H,5H2,1-4H3,(H,22,25)/t12-/m1/s1. The fourth-order valence-electron chi connectivity index (χ4n) is 2.55. The molecule has 0 aliphatic heterocycles. The van der Waals surface area contributed by atoms with Crippen LogP contribution in [0.4, 0.5) is 5.00 Å². The lowest BCUT2D eigenvalue weighted by Crippen LogP contribution is -2.23. The first-order valence-electron chi connectivity index (χ1n) is 9.14. The quantitative estimate of drug-likeness (QED) is 0.333. The topological polar surface area (TPSA) is 94.3 Å². The highest BCUT2D eigenvalue weighted by Crippen LogP contribution is 2.34. The van der Waals surface area contributed by atoms with Gasteiger partial charge in [-0.05, 0) is 57.5 Å². The van der Waals surface area contributed by atoms with Crippen molar-refractivity contribution in [2.75, 3.05) is 11.9 Å². The molecule has 0 saturated carbocycles. The number of carbonyl (C=O) groups is 2. The molecule has 158 valence electrons. The zero-order chi connectivity index (χ0) is 21.8. The molecule has 30 heavy (non-hydrogen) atoms. The highest BCUT2D eigenvalue weighted by molar-refractivity contribution is 9.10. The summed E-state index contributed by atoms with van der Waals surface area (Å²) >= 11 is 5.89. The molecule has 1 aromatic carbocycles. The van der Waals surface area contributed by atoms with Crippen LogP contribution in [0.1, 0.15) is 34.6 Å². The molecule has 0 saturated heterocycles. The number of halogens is 1. The number of ether oxygens (including phenoxy) is 1. The van der Waals surface area contributed by atoms with Gasteiger partial charge in [-0.2, -0.15) is 0 Å². The summed E-state index contributed by atoms with van der Waals surface area (Å²) < 4.78 is 11.8. The summed E-state index contributed by atoms with van der Waals surface area (Å²) in [5.74, 6) is -0.326. The van der Waals surface area contributed by atoms with E-state index < -0.39 is 11.2 Å². The van der Waals surface area contributed by atoms with Gasteiger partial charge in [-0.15, -0.1) is 21.5 Å². The zero-order valence-corrected chi connectivity index (χ0v) is 20.0. The summed E-state index contributed by atoms with van der Waals surface area (Å²) in [7, 11) is 0. The van der Waals surface area contributed by atoms with Crippen LogP contribution in [-0.4, -0.2) is 33.9 Å². The van der Waals surface area contributed by atoms with E-state index in [9.17, 15) is 9.59 Å². The SMILES string of the molecule is CCOC(=O)c1c(NC(=O)[C@@H](C)Sc2nnc(-c3ccc(Br)cc3)o2)sc(C)c1C. The molecule has 0 aliphatic carbocycles. The van der Waals surface area contributed by atoms with E-state index in [4.69, 9.17) is 9.15 Å². The summed E-state index contributed by atoms with van der Waals surface area (Å²) in [6.07, 6.45) is 0. The Morgan fingerprint density at radius 2 is 1.97 bits per heavy atom. The van der Waals surface area contributed by atoms with Gasteiger partial charge >= 0.3 is 5.97 Å². The Hall–Kier alpha value is -2.17. The molecule has 3 rings (SSSR count). The van der Waals surface area contributed by atoms with Crippen LogP contribution in [0.5, 0.6) is 0 Å². The van der Waals surface area contributed by atoms with Gasteiger partial charge in [-0.25, -0.2) is 4.79 Å². The van der Waals surface area contributed by atoms with Crippen LogP contribution in [0.15, 0.2) is 38.4 Å². The minimum atomic E-state index is -0.513. The highest BCUT2D eigenvalue weighted by atomic mass is 79.9. The van der Waals surface area contributed by atoms with Crippen molar-refractivity contribution in [3.8, 4) is 11.5 Å². The van der Waals surface area contributed by atoms with Gasteiger partial charge in [-0.1, -0.05) is 27.7 Å². The first kappa shape index (κ1) is 22.5. The number of carbonyl (C=O) groups excluding carboxylic acids is 2. The van der Waals surface area contributed by atoms with Crippen LogP contribution in [0.3, 0.4) is 0 Å². The van der Waals surface area contributed by atoms with Gasteiger partial charge in [0.05, 0.1) is 17.4 Å². The summed E-state index contributed by atoms with van der Waals surface area (Å²) in [4.78, 5) is 26.0. The summed E-state index contributed by atoms with van der Waals surface area (Å²) in [6, 6.07) is 7.49. The van der Waals surface area contributed by atoms with Gasteiger partial charge in [0.15, 0.2) is 0 Å². The van der Waals surface area contributed by atoms with E-state index >= 15 is 0 Å². The molecule has 1 N–H and O–H groups in total. The molecule has 1 amide bonds. The number of amides is 1. The molecule has 10 heteroatoms. The smallest absolute Gasteiger partial charge is 0.341 e. The molecule has 0 bridgehead atoms. The summed E-state index contributed by atoms with van der Waals surface area (Å²) in [6.45, 7) is 7.49. The number of thioether (sulfide) groups is 1. The normalized spacial score (nSPS) is 11.9. The van der Waals surface area contributed by atoms with Crippen LogP contribution in [0.2, 0.25) is 0 Å². The second-order valence-corrected chi connectivity index (χ2v) is 9.77. The lowest BCUT2D eigenvalue weighted by molar-refractivity contribution is -0.115. The maximum absolute atomic E-state index is 12.7. The van der Waals surface area contributed by atoms with Crippen molar-refractivity contribution in [3.63, 3.8) is 0 Å². The Balaban J connectivity index is 1.69. The summed E-state index contributed by atoms with van der Waals surface area (Å²) in [5, 5.41) is 11.2. The minimum Gasteiger partial charge on any atom is -0.462 e. The van der Waals surface area contributed by atoms with E-state index in [0.29, 0.717) is 21.7 Å². The third-order valence-corrected chi connectivity index (χ3v) is 6.83. The van der Waals surface area contributed by atoms with E-state index in [1.807, 2.05) is 38.1 Å². The van der Waals surface area contributed by atoms with Crippen LogP contribution < -0.4 is 5.32 Å². The third kappa shape index (κ3) is 5.11. The predicted octanol–water partition coefficient (Wildman–Crippen LogP) is 5.47. The number of benzene rings is 1. The maximum Gasteiger partial charge on any atom is 0.341 e.